The van der Waals surface area contributed by atoms with Crippen LogP contribution in [0.3, 0.4) is 0 Å². The molecule has 0 spiro atoms. The normalized spacial score (nSPS) is 10.1. The van der Waals surface area contributed by atoms with E-state index in [1.54, 1.807) is 18.2 Å². The maximum atomic E-state index is 11.4. The quantitative estimate of drug-likeness (QED) is 0.518. The fourth-order valence-electron chi connectivity index (χ4n) is 1.54. The van der Waals surface area contributed by atoms with Gasteiger partial charge in [0.15, 0.2) is 5.78 Å². The number of nitrogens with two attached hydrogens (primary N) is 1. The second kappa shape index (κ2) is 5.39. The molecule has 0 heterocycles. The molecule has 92 valence electrons. The zero-order valence-electron chi connectivity index (χ0n) is 9.81. The van der Waals surface area contributed by atoms with Crippen LogP contribution in [-0.4, -0.2) is 5.78 Å². The third-order valence-corrected chi connectivity index (χ3v) is 3.17. The average molecular weight is 353 g/mol. The number of anilines is 1. The summed E-state index contributed by atoms with van der Waals surface area (Å²) in [4.78, 5) is 11.4. The van der Waals surface area contributed by atoms with Gasteiger partial charge in [0.1, 0.15) is 11.5 Å². The molecule has 2 aromatic carbocycles. The van der Waals surface area contributed by atoms with E-state index in [4.69, 9.17) is 10.5 Å². The summed E-state index contributed by atoms with van der Waals surface area (Å²) in [5.74, 6) is 1.27. The molecule has 0 aliphatic heterocycles. The van der Waals surface area contributed by atoms with Crippen molar-refractivity contribution in [2.24, 2.45) is 0 Å². The Morgan fingerprint density at radius 3 is 2.33 bits per heavy atom. The van der Waals surface area contributed by atoms with Gasteiger partial charge in [-0.05, 0) is 72.0 Å². The van der Waals surface area contributed by atoms with E-state index in [0.717, 1.165) is 9.32 Å². The smallest absolute Gasteiger partial charge is 0.162 e. The molecule has 0 saturated heterocycles. The number of benzene rings is 2. The molecule has 0 radical (unpaired) electrons. The molecule has 0 unspecified atom stereocenters. The lowest BCUT2D eigenvalue weighted by Crippen LogP contribution is -1.99. The number of hydrogen-bond donors (Lipinski definition) is 1. The van der Waals surface area contributed by atoms with Crippen LogP contribution in [0.5, 0.6) is 11.5 Å². The summed E-state index contributed by atoms with van der Waals surface area (Å²) >= 11 is 2.23. The Morgan fingerprint density at radius 1 is 1.11 bits per heavy atom. The second-order valence-corrected chi connectivity index (χ2v) is 5.11. The molecule has 2 aromatic rings. The number of rotatable bonds is 3. The second-order valence-electron chi connectivity index (χ2n) is 3.86. The Morgan fingerprint density at radius 2 is 1.72 bits per heavy atom. The van der Waals surface area contributed by atoms with Crippen molar-refractivity contribution >= 4 is 34.1 Å². The van der Waals surface area contributed by atoms with Crippen LogP contribution in [0, 0.1) is 3.57 Å². The lowest BCUT2D eigenvalue weighted by molar-refractivity contribution is 0.101. The van der Waals surface area contributed by atoms with Gasteiger partial charge in [-0.2, -0.15) is 0 Å². The Bertz CT molecular complexity index is 579. The van der Waals surface area contributed by atoms with Gasteiger partial charge < -0.3 is 10.5 Å². The molecule has 0 aromatic heterocycles. The first kappa shape index (κ1) is 12.9. The zero-order chi connectivity index (χ0) is 13.1. The van der Waals surface area contributed by atoms with E-state index in [1.165, 1.54) is 6.92 Å². The molecule has 0 saturated carbocycles. The van der Waals surface area contributed by atoms with Gasteiger partial charge in [-0.15, -0.1) is 0 Å². The van der Waals surface area contributed by atoms with Crippen molar-refractivity contribution in [2.75, 3.05) is 5.73 Å². The third kappa shape index (κ3) is 3.01. The summed E-state index contributed by atoms with van der Waals surface area (Å²) in [6, 6.07) is 12.8. The van der Waals surface area contributed by atoms with Crippen molar-refractivity contribution in [3.63, 3.8) is 0 Å². The van der Waals surface area contributed by atoms with E-state index >= 15 is 0 Å². The summed E-state index contributed by atoms with van der Waals surface area (Å²) in [5, 5.41) is 0. The van der Waals surface area contributed by atoms with Gasteiger partial charge in [-0.25, -0.2) is 0 Å². The molecule has 0 aliphatic carbocycles. The molecule has 0 amide bonds. The highest BCUT2D eigenvalue weighted by Crippen LogP contribution is 2.25. The fraction of sp³-hybridized carbons (Fsp3) is 0.0714. The zero-order valence-corrected chi connectivity index (χ0v) is 12.0. The minimum atomic E-state index is -0.0689. The number of carbonyl (C=O) groups excluding carboxylic acids is 1. The van der Waals surface area contributed by atoms with Crippen molar-refractivity contribution in [3.05, 3.63) is 51.6 Å². The van der Waals surface area contributed by atoms with Crippen molar-refractivity contribution < 1.29 is 9.53 Å². The first-order valence-corrected chi connectivity index (χ1v) is 6.48. The SMILES string of the molecule is CC(=O)c1cc(Oc2ccc(I)cc2)ccc1N. The van der Waals surface area contributed by atoms with Crippen LogP contribution in [0.2, 0.25) is 0 Å². The predicted octanol–water partition coefficient (Wildman–Crippen LogP) is 3.87. The molecule has 4 heteroatoms. The molecule has 2 rings (SSSR count). The Balaban J connectivity index is 2.27. The Hall–Kier alpha value is -1.56. The first-order chi connectivity index (χ1) is 8.56. The third-order valence-electron chi connectivity index (χ3n) is 2.45. The highest BCUT2D eigenvalue weighted by Gasteiger charge is 2.07. The number of nitrogen functional groups attached to an aromatic ring is 1. The number of carbonyl (C=O) groups is 1. The van der Waals surface area contributed by atoms with E-state index < -0.39 is 0 Å². The largest absolute Gasteiger partial charge is 0.457 e. The lowest BCUT2D eigenvalue weighted by Gasteiger charge is -2.08. The predicted molar refractivity (Wildman–Crippen MR) is 80.1 cm³/mol. The monoisotopic (exact) mass is 353 g/mol. The van der Waals surface area contributed by atoms with Gasteiger partial charge in [0.2, 0.25) is 0 Å². The highest BCUT2D eigenvalue weighted by molar-refractivity contribution is 14.1. The van der Waals surface area contributed by atoms with Crippen LogP contribution in [0.4, 0.5) is 5.69 Å². The van der Waals surface area contributed by atoms with Crippen LogP contribution in [0.25, 0.3) is 0 Å². The molecule has 0 bridgehead atoms. The molecule has 3 nitrogen and oxygen atoms in total. The van der Waals surface area contributed by atoms with Crippen LogP contribution in [0.1, 0.15) is 17.3 Å². The Kier molecular flexibility index (Phi) is 3.86. The maximum Gasteiger partial charge on any atom is 0.162 e. The standard InChI is InChI=1S/C14H12INO2/c1-9(17)13-8-12(6-7-14(13)16)18-11-4-2-10(15)3-5-11/h2-8H,16H2,1H3. The van der Waals surface area contributed by atoms with Crippen molar-refractivity contribution in [3.8, 4) is 11.5 Å². The van der Waals surface area contributed by atoms with Gasteiger partial charge in [0.25, 0.3) is 0 Å². The minimum Gasteiger partial charge on any atom is -0.457 e. The van der Waals surface area contributed by atoms with Gasteiger partial charge >= 0.3 is 0 Å². The van der Waals surface area contributed by atoms with Crippen molar-refractivity contribution in [2.45, 2.75) is 6.92 Å². The number of halogens is 1. The molecular formula is C14H12INO2. The van der Waals surface area contributed by atoms with Gasteiger partial charge in [-0.3, -0.25) is 4.79 Å². The molecular weight excluding hydrogens is 341 g/mol. The lowest BCUT2D eigenvalue weighted by atomic mass is 10.1. The van der Waals surface area contributed by atoms with E-state index in [2.05, 4.69) is 22.6 Å². The summed E-state index contributed by atoms with van der Waals surface area (Å²) < 4.78 is 6.81. The van der Waals surface area contributed by atoms with Gasteiger partial charge in [0, 0.05) is 14.8 Å². The number of Topliss-reactive ketones (excluding diaryl/α,β-unsaturated/α-hetero) is 1. The molecule has 0 atom stereocenters. The summed E-state index contributed by atoms with van der Waals surface area (Å²) in [6.07, 6.45) is 0. The van der Waals surface area contributed by atoms with E-state index in [0.29, 0.717) is 17.0 Å². The van der Waals surface area contributed by atoms with E-state index in [-0.39, 0.29) is 5.78 Å². The number of ether oxygens (including phenoxy) is 1. The van der Waals surface area contributed by atoms with Gasteiger partial charge in [-0.1, -0.05) is 0 Å². The van der Waals surface area contributed by atoms with E-state index in [9.17, 15) is 4.79 Å². The molecule has 18 heavy (non-hydrogen) atoms. The summed E-state index contributed by atoms with van der Waals surface area (Å²) in [6.45, 7) is 1.49. The summed E-state index contributed by atoms with van der Waals surface area (Å²) in [5.41, 5.74) is 6.68. The van der Waals surface area contributed by atoms with Crippen LogP contribution in [0.15, 0.2) is 42.5 Å². The van der Waals surface area contributed by atoms with Crippen molar-refractivity contribution in [1.29, 1.82) is 0 Å². The Labute approximate surface area is 119 Å². The summed E-state index contributed by atoms with van der Waals surface area (Å²) in [7, 11) is 0. The van der Waals surface area contributed by atoms with Crippen LogP contribution in [-0.2, 0) is 0 Å². The molecule has 0 fully saturated rings. The molecule has 2 N–H and O–H groups in total. The number of hydrogen-bond acceptors (Lipinski definition) is 3. The topological polar surface area (TPSA) is 52.3 Å². The van der Waals surface area contributed by atoms with Crippen molar-refractivity contribution in [1.82, 2.24) is 0 Å². The maximum absolute atomic E-state index is 11.4. The van der Waals surface area contributed by atoms with E-state index in [1.807, 2.05) is 24.3 Å². The van der Waals surface area contributed by atoms with Gasteiger partial charge in [0.05, 0.1) is 0 Å². The molecule has 0 aliphatic rings. The van der Waals surface area contributed by atoms with Crippen LogP contribution < -0.4 is 10.5 Å². The minimum absolute atomic E-state index is 0.0689. The fourth-order valence-corrected chi connectivity index (χ4v) is 1.90. The average Bonchev–Trinajstić information content (AvgIpc) is 2.34. The highest BCUT2D eigenvalue weighted by atomic mass is 127. The number of ketones is 1. The first-order valence-electron chi connectivity index (χ1n) is 5.40. The van der Waals surface area contributed by atoms with Crippen LogP contribution >= 0.6 is 22.6 Å².